The van der Waals surface area contributed by atoms with Crippen LogP contribution in [0.5, 0.6) is 0 Å². The second-order valence-electron chi connectivity index (χ2n) is 7.25. The zero-order valence-corrected chi connectivity index (χ0v) is 14.4. The van der Waals surface area contributed by atoms with Gasteiger partial charge in [-0.1, -0.05) is 20.8 Å². The largest absolute Gasteiger partial charge is 0.469 e. The Morgan fingerprint density at radius 3 is 2.76 bits per heavy atom. The first-order valence-corrected chi connectivity index (χ1v) is 8.48. The topological polar surface area (TPSA) is 28.4 Å². The van der Waals surface area contributed by atoms with E-state index in [4.69, 9.17) is 4.42 Å². The van der Waals surface area contributed by atoms with Crippen molar-refractivity contribution in [3.63, 3.8) is 0 Å². The molecule has 1 aliphatic rings. The van der Waals surface area contributed by atoms with Crippen LogP contribution < -0.4 is 5.32 Å². The molecule has 1 aromatic rings. The fourth-order valence-electron chi connectivity index (χ4n) is 3.35. The Balaban J connectivity index is 2.00. The Morgan fingerprint density at radius 2 is 2.19 bits per heavy atom. The summed E-state index contributed by atoms with van der Waals surface area (Å²) in [5, 5.41) is 3.77. The molecule has 1 saturated heterocycles. The molecule has 0 aromatic carbocycles. The smallest absolute Gasteiger partial charge is 0.103 e. The first kappa shape index (κ1) is 16.6. The average molecular weight is 292 g/mol. The van der Waals surface area contributed by atoms with Crippen LogP contribution in [-0.2, 0) is 6.42 Å². The molecule has 0 bridgehead atoms. The summed E-state index contributed by atoms with van der Waals surface area (Å²) in [4.78, 5) is 2.73. The van der Waals surface area contributed by atoms with E-state index < -0.39 is 0 Å². The molecule has 0 spiro atoms. The van der Waals surface area contributed by atoms with Gasteiger partial charge in [-0.25, -0.2) is 0 Å². The predicted octanol–water partition coefficient (Wildman–Crippen LogP) is 3.70. The third-order valence-electron chi connectivity index (χ3n) is 5.20. The van der Waals surface area contributed by atoms with Crippen LogP contribution in [0.3, 0.4) is 0 Å². The van der Waals surface area contributed by atoms with Crippen molar-refractivity contribution in [2.75, 3.05) is 13.1 Å². The Hall–Kier alpha value is -0.800. The van der Waals surface area contributed by atoms with Gasteiger partial charge in [-0.05, 0) is 44.7 Å². The fraction of sp³-hybridized carbons (Fsp3) is 0.778. The van der Waals surface area contributed by atoms with Crippen LogP contribution in [0.4, 0.5) is 0 Å². The molecule has 21 heavy (non-hydrogen) atoms. The molecule has 0 saturated carbocycles. The summed E-state index contributed by atoms with van der Waals surface area (Å²) in [5.74, 6) is 1.79. The van der Waals surface area contributed by atoms with E-state index in [1.54, 1.807) is 6.26 Å². The summed E-state index contributed by atoms with van der Waals surface area (Å²) in [6, 6.07) is 5.29. The van der Waals surface area contributed by atoms with Gasteiger partial charge in [0.2, 0.25) is 0 Å². The second kappa shape index (κ2) is 6.97. The van der Waals surface area contributed by atoms with Crippen molar-refractivity contribution in [2.45, 2.75) is 71.5 Å². The molecule has 1 aliphatic heterocycles. The highest BCUT2D eigenvalue weighted by Crippen LogP contribution is 2.26. The molecule has 3 heteroatoms. The van der Waals surface area contributed by atoms with Crippen molar-refractivity contribution in [3.8, 4) is 0 Å². The second-order valence-corrected chi connectivity index (χ2v) is 7.25. The quantitative estimate of drug-likeness (QED) is 0.866. The maximum Gasteiger partial charge on any atom is 0.103 e. The summed E-state index contributed by atoms with van der Waals surface area (Å²) < 4.78 is 5.48. The third-order valence-corrected chi connectivity index (χ3v) is 5.20. The maximum atomic E-state index is 5.48. The molecule has 3 unspecified atom stereocenters. The number of hydrogen-bond acceptors (Lipinski definition) is 3. The van der Waals surface area contributed by atoms with E-state index >= 15 is 0 Å². The van der Waals surface area contributed by atoms with Crippen LogP contribution in [0.2, 0.25) is 0 Å². The Morgan fingerprint density at radius 1 is 1.43 bits per heavy atom. The highest BCUT2D eigenvalue weighted by molar-refractivity contribution is 5.00. The van der Waals surface area contributed by atoms with Crippen LogP contribution in [-0.4, -0.2) is 35.6 Å². The van der Waals surface area contributed by atoms with Crippen molar-refractivity contribution in [1.82, 2.24) is 10.2 Å². The van der Waals surface area contributed by atoms with Crippen LogP contribution in [0.25, 0.3) is 0 Å². The van der Waals surface area contributed by atoms with E-state index in [0.29, 0.717) is 18.0 Å². The molecule has 1 N–H and O–H groups in total. The average Bonchev–Trinajstić information content (AvgIpc) is 2.97. The number of rotatable bonds is 6. The van der Waals surface area contributed by atoms with E-state index in [0.717, 1.165) is 31.7 Å². The van der Waals surface area contributed by atoms with Crippen molar-refractivity contribution in [3.05, 3.63) is 24.2 Å². The fourth-order valence-corrected chi connectivity index (χ4v) is 3.35. The number of hydrogen-bond donors (Lipinski definition) is 1. The van der Waals surface area contributed by atoms with Crippen LogP contribution in [0, 0.1) is 5.92 Å². The minimum Gasteiger partial charge on any atom is -0.469 e. The molecule has 120 valence electrons. The molecule has 3 atom stereocenters. The van der Waals surface area contributed by atoms with Gasteiger partial charge in [-0.15, -0.1) is 0 Å². The van der Waals surface area contributed by atoms with Gasteiger partial charge >= 0.3 is 0 Å². The van der Waals surface area contributed by atoms with Crippen molar-refractivity contribution < 1.29 is 4.42 Å². The van der Waals surface area contributed by atoms with E-state index in [1.165, 1.54) is 6.42 Å². The van der Waals surface area contributed by atoms with Crippen LogP contribution in [0.1, 0.15) is 53.2 Å². The summed E-state index contributed by atoms with van der Waals surface area (Å²) in [5.41, 5.74) is 0.254. The normalized spacial score (nSPS) is 29.0. The van der Waals surface area contributed by atoms with Gasteiger partial charge in [0, 0.05) is 37.1 Å². The van der Waals surface area contributed by atoms with Gasteiger partial charge in [0.1, 0.15) is 5.76 Å². The summed E-state index contributed by atoms with van der Waals surface area (Å²) in [7, 11) is 0. The molecule has 0 amide bonds. The number of piperazine rings is 1. The number of nitrogens with zero attached hydrogens (tertiary/aromatic N) is 1. The minimum atomic E-state index is 0.254. The summed E-state index contributed by atoms with van der Waals surface area (Å²) in [6.07, 6.45) is 5.15. The SMILES string of the molecule is CCC1(C)CN(C(C)CCc2ccco2)C(C(C)C)CN1. The third kappa shape index (κ3) is 4.10. The molecule has 2 rings (SSSR count). The lowest BCUT2D eigenvalue weighted by Gasteiger charge is -2.50. The molecule has 1 aromatic heterocycles. The lowest BCUT2D eigenvalue weighted by molar-refractivity contribution is 0.0272. The van der Waals surface area contributed by atoms with Crippen molar-refractivity contribution in [2.24, 2.45) is 5.92 Å². The Labute approximate surface area is 130 Å². The molecule has 0 radical (unpaired) electrons. The highest BCUT2D eigenvalue weighted by Gasteiger charge is 2.37. The van der Waals surface area contributed by atoms with Crippen LogP contribution >= 0.6 is 0 Å². The lowest BCUT2D eigenvalue weighted by atomic mass is 9.88. The first-order chi connectivity index (χ1) is 9.95. The van der Waals surface area contributed by atoms with Gasteiger partial charge in [0.05, 0.1) is 6.26 Å². The minimum absolute atomic E-state index is 0.254. The first-order valence-electron chi connectivity index (χ1n) is 8.48. The summed E-state index contributed by atoms with van der Waals surface area (Å²) >= 11 is 0. The molecular formula is C18H32N2O. The van der Waals surface area contributed by atoms with Crippen molar-refractivity contribution >= 4 is 0 Å². The van der Waals surface area contributed by atoms with E-state index in [1.807, 2.05) is 6.07 Å². The Bertz CT molecular complexity index is 415. The van der Waals surface area contributed by atoms with Crippen LogP contribution in [0.15, 0.2) is 22.8 Å². The monoisotopic (exact) mass is 292 g/mol. The molecule has 3 nitrogen and oxygen atoms in total. The van der Waals surface area contributed by atoms with Gasteiger partial charge in [0.15, 0.2) is 0 Å². The Kier molecular flexibility index (Phi) is 5.50. The predicted molar refractivity (Wildman–Crippen MR) is 88.5 cm³/mol. The van der Waals surface area contributed by atoms with Gasteiger partial charge in [-0.3, -0.25) is 4.90 Å². The standard InChI is InChI=1S/C18H32N2O/c1-6-18(5)13-20(17(12-19-18)14(2)3)15(4)9-10-16-8-7-11-21-16/h7-8,11,14-15,17,19H,6,9-10,12-13H2,1-5H3. The number of aryl methyl sites for hydroxylation is 1. The lowest BCUT2D eigenvalue weighted by Crippen LogP contribution is -2.65. The van der Waals surface area contributed by atoms with E-state index in [9.17, 15) is 0 Å². The number of furan rings is 1. The highest BCUT2D eigenvalue weighted by atomic mass is 16.3. The van der Waals surface area contributed by atoms with Gasteiger partial charge < -0.3 is 9.73 Å². The number of nitrogens with one attached hydrogen (secondary N) is 1. The zero-order valence-electron chi connectivity index (χ0n) is 14.4. The van der Waals surface area contributed by atoms with Gasteiger partial charge in [0.25, 0.3) is 0 Å². The molecule has 2 heterocycles. The van der Waals surface area contributed by atoms with Gasteiger partial charge in [-0.2, -0.15) is 0 Å². The molecular weight excluding hydrogens is 260 g/mol. The van der Waals surface area contributed by atoms with E-state index in [-0.39, 0.29) is 5.54 Å². The molecule has 1 fully saturated rings. The maximum absolute atomic E-state index is 5.48. The summed E-state index contributed by atoms with van der Waals surface area (Å²) in [6.45, 7) is 13.9. The van der Waals surface area contributed by atoms with Crippen molar-refractivity contribution in [1.29, 1.82) is 0 Å². The molecule has 0 aliphatic carbocycles. The zero-order chi connectivity index (χ0) is 15.5. The van der Waals surface area contributed by atoms with E-state index in [2.05, 4.69) is 50.9 Å².